The number of amides is 1. The Labute approximate surface area is 122 Å². The molecule has 2 N–H and O–H groups in total. The molecule has 1 amide bonds. The van der Waals surface area contributed by atoms with Gasteiger partial charge in [0.2, 0.25) is 5.91 Å². The third-order valence-corrected chi connectivity index (χ3v) is 4.29. The zero-order chi connectivity index (χ0) is 14.4. The van der Waals surface area contributed by atoms with Gasteiger partial charge in [-0.3, -0.25) is 4.79 Å². The van der Waals surface area contributed by atoms with E-state index in [0.29, 0.717) is 12.6 Å². The fourth-order valence-corrected chi connectivity index (χ4v) is 3.03. The molecule has 1 aliphatic carbocycles. The number of benzene rings is 1. The molecule has 0 saturated heterocycles. The first-order valence-electron chi connectivity index (χ1n) is 7.79. The Morgan fingerprint density at radius 2 is 1.90 bits per heavy atom. The van der Waals surface area contributed by atoms with Crippen molar-refractivity contribution in [3.8, 4) is 0 Å². The average molecular weight is 274 g/mol. The number of hydrogen-bond donors (Lipinski definition) is 2. The predicted molar refractivity (Wildman–Crippen MR) is 83.8 cm³/mol. The van der Waals surface area contributed by atoms with Crippen LogP contribution in [0.1, 0.15) is 44.6 Å². The molecular weight excluding hydrogens is 248 g/mol. The van der Waals surface area contributed by atoms with Gasteiger partial charge >= 0.3 is 0 Å². The minimum atomic E-state index is 0.0503. The lowest BCUT2D eigenvalue weighted by Gasteiger charge is -2.31. The molecule has 1 aliphatic rings. The molecule has 0 aliphatic heterocycles. The van der Waals surface area contributed by atoms with Crippen LogP contribution in [0.15, 0.2) is 24.3 Å². The van der Waals surface area contributed by atoms with Crippen molar-refractivity contribution in [2.75, 3.05) is 11.9 Å². The van der Waals surface area contributed by atoms with Crippen molar-refractivity contribution in [1.29, 1.82) is 0 Å². The molecule has 0 heterocycles. The maximum atomic E-state index is 12.0. The molecule has 0 spiro atoms. The van der Waals surface area contributed by atoms with Crippen molar-refractivity contribution in [3.05, 3.63) is 29.8 Å². The molecule has 1 aromatic carbocycles. The summed E-state index contributed by atoms with van der Waals surface area (Å²) >= 11 is 0. The molecular formula is C17H26N2O. The van der Waals surface area contributed by atoms with E-state index in [-0.39, 0.29) is 5.91 Å². The number of carbonyl (C=O) groups excluding carboxylic acids is 1. The topological polar surface area (TPSA) is 41.1 Å². The van der Waals surface area contributed by atoms with Gasteiger partial charge in [0.25, 0.3) is 0 Å². The largest absolute Gasteiger partial charge is 0.325 e. The van der Waals surface area contributed by atoms with Gasteiger partial charge in [-0.05, 0) is 37.8 Å². The highest BCUT2D eigenvalue weighted by molar-refractivity contribution is 5.92. The monoisotopic (exact) mass is 274 g/mol. The second-order valence-corrected chi connectivity index (χ2v) is 5.85. The second-order valence-electron chi connectivity index (χ2n) is 5.85. The molecule has 2 unspecified atom stereocenters. The lowest BCUT2D eigenvalue weighted by Crippen LogP contribution is -2.42. The molecule has 2 atom stereocenters. The van der Waals surface area contributed by atoms with Gasteiger partial charge in [0.05, 0.1) is 6.54 Å². The van der Waals surface area contributed by atoms with Crippen LogP contribution in [-0.2, 0) is 4.79 Å². The summed E-state index contributed by atoms with van der Waals surface area (Å²) in [5.74, 6) is 0.783. The van der Waals surface area contributed by atoms with Gasteiger partial charge in [0.15, 0.2) is 0 Å². The number of nitrogens with one attached hydrogen (secondary N) is 2. The molecule has 20 heavy (non-hydrogen) atoms. The number of anilines is 1. The fourth-order valence-electron chi connectivity index (χ4n) is 3.03. The van der Waals surface area contributed by atoms with E-state index < -0.39 is 0 Å². The van der Waals surface area contributed by atoms with Gasteiger partial charge in [0, 0.05) is 11.7 Å². The SMILES string of the molecule is CCC1CCCCC1NCC(=O)Nc1ccc(C)cc1. The zero-order valence-electron chi connectivity index (χ0n) is 12.6. The van der Waals surface area contributed by atoms with Crippen LogP contribution in [0.3, 0.4) is 0 Å². The van der Waals surface area contributed by atoms with Crippen LogP contribution in [-0.4, -0.2) is 18.5 Å². The maximum absolute atomic E-state index is 12.0. The summed E-state index contributed by atoms with van der Waals surface area (Å²) in [6.45, 7) is 4.70. The van der Waals surface area contributed by atoms with E-state index in [1.165, 1.54) is 37.7 Å². The van der Waals surface area contributed by atoms with Crippen molar-refractivity contribution in [1.82, 2.24) is 5.32 Å². The molecule has 0 bridgehead atoms. The summed E-state index contributed by atoms with van der Waals surface area (Å²) in [5.41, 5.74) is 2.08. The summed E-state index contributed by atoms with van der Waals surface area (Å²) < 4.78 is 0. The highest BCUT2D eigenvalue weighted by atomic mass is 16.1. The van der Waals surface area contributed by atoms with E-state index in [0.717, 1.165) is 11.6 Å². The third-order valence-electron chi connectivity index (χ3n) is 4.29. The van der Waals surface area contributed by atoms with Crippen molar-refractivity contribution in [2.24, 2.45) is 5.92 Å². The van der Waals surface area contributed by atoms with Crippen molar-refractivity contribution in [3.63, 3.8) is 0 Å². The molecule has 2 rings (SSSR count). The summed E-state index contributed by atoms with van der Waals surface area (Å²) in [4.78, 5) is 12.0. The standard InChI is InChI=1S/C17H26N2O/c1-3-14-6-4-5-7-16(14)18-12-17(20)19-15-10-8-13(2)9-11-15/h8-11,14,16,18H,3-7,12H2,1-2H3,(H,19,20). The van der Waals surface area contributed by atoms with E-state index in [9.17, 15) is 4.79 Å². The zero-order valence-corrected chi connectivity index (χ0v) is 12.6. The smallest absolute Gasteiger partial charge is 0.238 e. The number of aryl methyl sites for hydroxylation is 1. The Kier molecular flexibility index (Phi) is 5.60. The Balaban J connectivity index is 1.78. The minimum Gasteiger partial charge on any atom is -0.325 e. The van der Waals surface area contributed by atoms with Crippen LogP contribution in [0.25, 0.3) is 0 Å². The van der Waals surface area contributed by atoms with Crippen molar-refractivity contribution in [2.45, 2.75) is 52.0 Å². The fraction of sp³-hybridized carbons (Fsp3) is 0.588. The van der Waals surface area contributed by atoms with Gasteiger partial charge in [-0.2, -0.15) is 0 Å². The van der Waals surface area contributed by atoms with E-state index in [4.69, 9.17) is 0 Å². The quantitative estimate of drug-likeness (QED) is 0.863. The first-order chi connectivity index (χ1) is 9.69. The highest BCUT2D eigenvalue weighted by Crippen LogP contribution is 2.26. The summed E-state index contributed by atoms with van der Waals surface area (Å²) in [7, 11) is 0. The molecule has 1 saturated carbocycles. The molecule has 0 aromatic heterocycles. The van der Waals surface area contributed by atoms with Gasteiger partial charge < -0.3 is 10.6 Å². The van der Waals surface area contributed by atoms with Gasteiger partial charge in [0.1, 0.15) is 0 Å². The van der Waals surface area contributed by atoms with Crippen LogP contribution < -0.4 is 10.6 Å². The van der Waals surface area contributed by atoms with Crippen molar-refractivity contribution >= 4 is 11.6 Å². The Hall–Kier alpha value is -1.35. The first-order valence-corrected chi connectivity index (χ1v) is 7.79. The van der Waals surface area contributed by atoms with Gasteiger partial charge in [-0.15, -0.1) is 0 Å². The van der Waals surface area contributed by atoms with E-state index in [2.05, 4.69) is 17.6 Å². The maximum Gasteiger partial charge on any atom is 0.238 e. The third kappa shape index (κ3) is 4.34. The van der Waals surface area contributed by atoms with E-state index in [1.54, 1.807) is 0 Å². The molecule has 0 radical (unpaired) electrons. The van der Waals surface area contributed by atoms with Gasteiger partial charge in [-0.25, -0.2) is 0 Å². The normalized spacial score (nSPS) is 22.5. The van der Waals surface area contributed by atoms with Crippen LogP contribution in [0.4, 0.5) is 5.69 Å². The molecule has 3 nitrogen and oxygen atoms in total. The lowest BCUT2D eigenvalue weighted by molar-refractivity contribution is -0.115. The van der Waals surface area contributed by atoms with Crippen LogP contribution >= 0.6 is 0 Å². The molecule has 3 heteroatoms. The molecule has 1 fully saturated rings. The summed E-state index contributed by atoms with van der Waals surface area (Å²) in [6, 6.07) is 8.43. The van der Waals surface area contributed by atoms with E-state index >= 15 is 0 Å². The van der Waals surface area contributed by atoms with Crippen LogP contribution in [0, 0.1) is 12.8 Å². The van der Waals surface area contributed by atoms with Crippen LogP contribution in [0.2, 0.25) is 0 Å². The first kappa shape index (κ1) is 15.0. The lowest BCUT2D eigenvalue weighted by atomic mass is 9.83. The second kappa shape index (κ2) is 7.44. The summed E-state index contributed by atoms with van der Waals surface area (Å²) in [5, 5.41) is 6.38. The number of hydrogen-bond acceptors (Lipinski definition) is 2. The number of carbonyl (C=O) groups is 1. The van der Waals surface area contributed by atoms with Crippen molar-refractivity contribution < 1.29 is 4.79 Å². The predicted octanol–water partition coefficient (Wildman–Crippen LogP) is 3.49. The van der Waals surface area contributed by atoms with E-state index in [1.807, 2.05) is 31.2 Å². The number of rotatable bonds is 5. The van der Waals surface area contributed by atoms with Crippen LogP contribution in [0.5, 0.6) is 0 Å². The molecule has 110 valence electrons. The average Bonchev–Trinajstić information content (AvgIpc) is 2.48. The minimum absolute atomic E-state index is 0.0503. The Bertz CT molecular complexity index is 427. The summed E-state index contributed by atoms with van der Waals surface area (Å²) in [6.07, 6.45) is 6.33. The Morgan fingerprint density at radius 1 is 1.20 bits per heavy atom. The highest BCUT2D eigenvalue weighted by Gasteiger charge is 2.23. The molecule has 1 aromatic rings. The Morgan fingerprint density at radius 3 is 2.60 bits per heavy atom. The van der Waals surface area contributed by atoms with Gasteiger partial charge in [-0.1, -0.05) is 43.9 Å².